The summed E-state index contributed by atoms with van der Waals surface area (Å²) in [4.78, 5) is 22.1. The number of piperidine rings is 1. The number of rotatable bonds is 4. The number of hydrogen-bond acceptors (Lipinski definition) is 4. The Hall–Kier alpha value is -3.62. The maximum atomic E-state index is 13.4. The summed E-state index contributed by atoms with van der Waals surface area (Å²) in [7, 11) is 0. The van der Waals surface area contributed by atoms with E-state index in [1.807, 2.05) is 41.1 Å². The number of aromatic nitrogens is 5. The van der Waals surface area contributed by atoms with Crippen molar-refractivity contribution >= 4 is 16.9 Å². The number of hydrogen-bond donors (Lipinski definition) is 1. The lowest BCUT2D eigenvalue weighted by molar-refractivity contribution is -0.0494. The van der Waals surface area contributed by atoms with Crippen LogP contribution in [0.2, 0.25) is 0 Å². The highest BCUT2D eigenvalue weighted by Gasteiger charge is 2.36. The minimum absolute atomic E-state index is 0.0573. The van der Waals surface area contributed by atoms with Crippen molar-refractivity contribution in [2.24, 2.45) is 0 Å². The third-order valence-electron chi connectivity index (χ3n) is 6.42. The van der Waals surface area contributed by atoms with Crippen molar-refractivity contribution in [1.29, 1.82) is 0 Å². The first-order chi connectivity index (χ1) is 16.0. The zero-order valence-corrected chi connectivity index (χ0v) is 17.8. The monoisotopic (exact) mass is 448 g/mol. The van der Waals surface area contributed by atoms with Gasteiger partial charge in [-0.05, 0) is 37.1 Å². The molecule has 6 rings (SSSR count). The second kappa shape index (κ2) is 7.47. The van der Waals surface area contributed by atoms with Crippen molar-refractivity contribution in [2.75, 3.05) is 13.1 Å². The summed E-state index contributed by atoms with van der Waals surface area (Å²) in [5, 5.41) is 9.37. The van der Waals surface area contributed by atoms with Crippen LogP contribution in [0.15, 0.2) is 48.8 Å². The number of carbonyl (C=O) groups excluding carboxylic acids is 1. The molecule has 1 saturated heterocycles. The zero-order valence-electron chi connectivity index (χ0n) is 17.8. The number of halogens is 2. The van der Waals surface area contributed by atoms with E-state index in [1.165, 1.54) is 11.1 Å². The Morgan fingerprint density at radius 1 is 1.09 bits per heavy atom. The van der Waals surface area contributed by atoms with Crippen LogP contribution in [-0.4, -0.2) is 54.6 Å². The number of amides is 1. The number of alkyl halides is 2. The molecule has 1 N–H and O–H groups in total. The van der Waals surface area contributed by atoms with Crippen LogP contribution < -0.4 is 0 Å². The number of pyridine rings is 1. The largest absolute Gasteiger partial charge is 0.338 e. The lowest BCUT2D eigenvalue weighted by atomic mass is 10.1. The van der Waals surface area contributed by atoms with Crippen LogP contribution in [0.3, 0.4) is 0 Å². The summed E-state index contributed by atoms with van der Waals surface area (Å²) in [6, 6.07) is 11.6. The van der Waals surface area contributed by atoms with Gasteiger partial charge in [-0.3, -0.25) is 4.79 Å². The molecule has 4 aromatic rings. The molecule has 2 aliphatic rings. The highest BCUT2D eigenvalue weighted by Crippen LogP contribution is 2.38. The van der Waals surface area contributed by atoms with Crippen molar-refractivity contribution in [1.82, 2.24) is 29.6 Å². The number of aromatic amines is 1. The molecule has 1 saturated carbocycles. The third kappa shape index (κ3) is 3.77. The molecule has 9 heteroatoms. The molecule has 0 spiro atoms. The van der Waals surface area contributed by atoms with E-state index in [4.69, 9.17) is 0 Å². The fourth-order valence-electron chi connectivity index (χ4n) is 4.32. The number of benzene rings is 1. The molecule has 2 fully saturated rings. The molecule has 0 atom stereocenters. The Kier molecular flexibility index (Phi) is 4.53. The van der Waals surface area contributed by atoms with Crippen LogP contribution in [0.4, 0.5) is 8.78 Å². The number of likely N-dealkylation sites (tertiary alicyclic amines) is 1. The molecule has 0 bridgehead atoms. The topological polar surface area (TPSA) is 79.7 Å². The molecule has 1 amide bonds. The normalized spacial score (nSPS) is 18.1. The van der Waals surface area contributed by atoms with E-state index in [9.17, 15) is 13.6 Å². The van der Waals surface area contributed by atoms with Gasteiger partial charge in [0.1, 0.15) is 11.5 Å². The van der Waals surface area contributed by atoms with Gasteiger partial charge in [0.15, 0.2) is 5.82 Å². The maximum Gasteiger partial charge on any atom is 0.255 e. The average molecular weight is 448 g/mol. The van der Waals surface area contributed by atoms with Crippen molar-refractivity contribution in [3.8, 4) is 17.1 Å². The van der Waals surface area contributed by atoms with E-state index in [0.29, 0.717) is 17.1 Å². The molecule has 0 unspecified atom stereocenters. The van der Waals surface area contributed by atoms with E-state index in [2.05, 4.69) is 20.2 Å². The van der Waals surface area contributed by atoms with Crippen LogP contribution in [0.1, 0.15) is 47.8 Å². The lowest BCUT2D eigenvalue weighted by Crippen LogP contribution is -2.42. The van der Waals surface area contributed by atoms with Gasteiger partial charge in [-0.2, -0.15) is 0 Å². The number of nitrogens with zero attached hydrogens (tertiary/aromatic N) is 5. The quantitative estimate of drug-likeness (QED) is 0.496. The molecule has 7 nitrogen and oxygen atoms in total. The Bertz CT molecular complexity index is 1350. The van der Waals surface area contributed by atoms with Gasteiger partial charge in [-0.1, -0.05) is 12.1 Å². The summed E-state index contributed by atoms with van der Waals surface area (Å²) in [6.45, 7) is 0.115. The van der Waals surface area contributed by atoms with Gasteiger partial charge in [0.25, 0.3) is 11.8 Å². The molecular weight excluding hydrogens is 426 g/mol. The lowest BCUT2D eigenvalue weighted by Gasteiger charge is -2.31. The second-order valence-corrected chi connectivity index (χ2v) is 8.85. The minimum atomic E-state index is -2.68. The van der Waals surface area contributed by atoms with Gasteiger partial charge >= 0.3 is 0 Å². The second-order valence-electron chi connectivity index (χ2n) is 8.85. The first kappa shape index (κ1) is 20.0. The predicted octanol–water partition coefficient (Wildman–Crippen LogP) is 4.56. The fraction of sp³-hybridized carbons (Fsp3) is 0.333. The summed E-state index contributed by atoms with van der Waals surface area (Å²) >= 11 is 0. The number of nitrogens with one attached hydrogen (secondary N) is 1. The zero-order chi connectivity index (χ0) is 22.6. The summed E-state index contributed by atoms with van der Waals surface area (Å²) < 4.78 is 28.8. The van der Waals surface area contributed by atoms with Crippen molar-refractivity contribution < 1.29 is 13.6 Å². The molecule has 33 heavy (non-hydrogen) atoms. The molecule has 0 radical (unpaired) electrons. The summed E-state index contributed by atoms with van der Waals surface area (Å²) in [5.74, 6) is -0.756. The fourth-order valence-corrected chi connectivity index (χ4v) is 4.32. The van der Waals surface area contributed by atoms with Gasteiger partial charge < -0.3 is 14.5 Å². The van der Waals surface area contributed by atoms with Crippen LogP contribution in [0.25, 0.3) is 28.1 Å². The average Bonchev–Trinajstić information content (AvgIpc) is 3.39. The third-order valence-corrected chi connectivity index (χ3v) is 6.42. The SMILES string of the molecule is O=C(c1cnc2c(ccn2-c2cccc(-c3nnc(C4CC4)[nH]3)c2)c1)N1CCC(F)(F)CC1. The van der Waals surface area contributed by atoms with Gasteiger partial charge in [-0.25, -0.2) is 13.8 Å². The van der Waals surface area contributed by atoms with Crippen molar-refractivity contribution in [2.45, 2.75) is 37.5 Å². The van der Waals surface area contributed by atoms with Crippen LogP contribution in [0, 0.1) is 0 Å². The molecule has 1 aliphatic heterocycles. The van der Waals surface area contributed by atoms with Crippen LogP contribution in [0.5, 0.6) is 0 Å². The number of fused-ring (bicyclic) bond motifs is 1. The minimum Gasteiger partial charge on any atom is -0.338 e. The van der Waals surface area contributed by atoms with Gasteiger partial charge in [0.2, 0.25) is 0 Å². The van der Waals surface area contributed by atoms with E-state index >= 15 is 0 Å². The highest BCUT2D eigenvalue weighted by molar-refractivity contribution is 5.97. The molecule has 4 heterocycles. The van der Waals surface area contributed by atoms with E-state index in [-0.39, 0.29) is 31.8 Å². The summed E-state index contributed by atoms with van der Waals surface area (Å²) in [5.41, 5.74) is 2.97. The van der Waals surface area contributed by atoms with E-state index in [0.717, 1.165) is 41.1 Å². The molecule has 1 aromatic carbocycles. The smallest absolute Gasteiger partial charge is 0.255 e. The molecule has 168 valence electrons. The standard InChI is InChI=1S/C24H22F2N6O/c25-24(26)7-10-31(11-8-24)23(33)18-12-17-6-9-32(22(17)27-14-18)19-3-1-2-16(13-19)21-28-20(29-30-21)15-4-5-15/h1-3,6,9,12-15H,4-5,7-8,10-11H2,(H,28,29,30). The van der Waals surface area contributed by atoms with Gasteiger partial charge in [-0.15, -0.1) is 10.2 Å². The van der Waals surface area contributed by atoms with Crippen LogP contribution in [-0.2, 0) is 0 Å². The van der Waals surface area contributed by atoms with Gasteiger partial charge in [0, 0.05) is 60.9 Å². The van der Waals surface area contributed by atoms with E-state index < -0.39 is 5.92 Å². The van der Waals surface area contributed by atoms with Crippen molar-refractivity contribution in [3.05, 3.63) is 60.2 Å². The first-order valence-corrected chi connectivity index (χ1v) is 11.1. The molecule has 1 aliphatic carbocycles. The van der Waals surface area contributed by atoms with Crippen LogP contribution >= 0.6 is 0 Å². The van der Waals surface area contributed by atoms with Gasteiger partial charge in [0.05, 0.1) is 5.56 Å². The Morgan fingerprint density at radius 2 is 1.91 bits per heavy atom. The van der Waals surface area contributed by atoms with Crippen molar-refractivity contribution in [3.63, 3.8) is 0 Å². The summed E-state index contributed by atoms with van der Waals surface area (Å²) in [6.07, 6.45) is 5.15. The Morgan fingerprint density at radius 3 is 2.70 bits per heavy atom. The highest BCUT2D eigenvalue weighted by atomic mass is 19.3. The Balaban J connectivity index is 1.27. The Labute approximate surface area is 188 Å². The molecular formula is C24H22F2N6O. The number of H-pyrrole nitrogens is 1. The maximum absolute atomic E-state index is 13.4. The first-order valence-electron chi connectivity index (χ1n) is 11.1. The number of carbonyl (C=O) groups is 1. The predicted molar refractivity (Wildman–Crippen MR) is 119 cm³/mol. The molecule has 3 aromatic heterocycles. The van der Waals surface area contributed by atoms with E-state index in [1.54, 1.807) is 6.07 Å².